The molecule has 0 amide bonds. The van der Waals surface area contributed by atoms with Gasteiger partial charge in [0.05, 0.1) is 6.61 Å². The third-order valence-corrected chi connectivity index (χ3v) is 2.33. The second-order valence-corrected chi connectivity index (χ2v) is 3.27. The summed E-state index contributed by atoms with van der Waals surface area (Å²) in [5.74, 6) is -0.338. The third kappa shape index (κ3) is 2.78. The number of esters is 1. The van der Waals surface area contributed by atoms with Gasteiger partial charge >= 0.3 is 5.97 Å². The fourth-order valence-corrected chi connectivity index (χ4v) is 1.49. The summed E-state index contributed by atoms with van der Waals surface area (Å²) in [4.78, 5) is 15.5. The fraction of sp³-hybridized carbons (Fsp3) is 0.500. The van der Waals surface area contributed by atoms with Gasteiger partial charge in [-0.05, 0) is 37.0 Å². The standard InChI is InChI=1S/C12H17NO2/c1-4-9-7-11(12(14)15-6-3)13-8-10(9)5-2/h7-8H,4-6H2,1-3H3. The first-order valence-corrected chi connectivity index (χ1v) is 5.37. The van der Waals surface area contributed by atoms with E-state index in [-0.39, 0.29) is 5.97 Å². The van der Waals surface area contributed by atoms with Crippen LogP contribution in [0.5, 0.6) is 0 Å². The Hall–Kier alpha value is -1.38. The van der Waals surface area contributed by atoms with Gasteiger partial charge in [-0.15, -0.1) is 0 Å². The van der Waals surface area contributed by atoms with Gasteiger partial charge in [-0.25, -0.2) is 9.78 Å². The van der Waals surface area contributed by atoms with Crippen molar-refractivity contribution in [3.63, 3.8) is 0 Å². The van der Waals surface area contributed by atoms with E-state index in [9.17, 15) is 4.79 Å². The normalized spacial score (nSPS) is 10.1. The molecule has 0 aromatic carbocycles. The molecule has 0 bridgehead atoms. The zero-order valence-corrected chi connectivity index (χ0v) is 9.54. The van der Waals surface area contributed by atoms with Crippen molar-refractivity contribution in [1.29, 1.82) is 0 Å². The molecule has 0 aliphatic heterocycles. The number of hydrogen-bond acceptors (Lipinski definition) is 3. The number of pyridine rings is 1. The summed E-state index contributed by atoms with van der Waals surface area (Å²) < 4.78 is 4.90. The molecule has 0 atom stereocenters. The number of carbonyl (C=O) groups excluding carboxylic acids is 1. The van der Waals surface area contributed by atoms with Gasteiger partial charge in [-0.3, -0.25) is 0 Å². The van der Waals surface area contributed by atoms with Crippen LogP contribution < -0.4 is 0 Å². The molecule has 0 spiro atoms. The van der Waals surface area contributed by atoms with Gasteiger partial charge < -0.3 is 4.74 Å². The first-order chi connectivity index (χ1) is 7.22. The number of nitrogens with zero attached hydrogens (tertiary/aromatic N) is 1. The molecule has 0 saturated heterocycles. The molecule has 0 aliphatic carbocycles. The molecular weight excluding hydrogens is 190 g/mol. The smallest absolute Gasteiger partial charge is 0.356 e. The quantitative estimate of drug-likeness (QED) is 0.711. The van der Waals surface area contributed by atoms with Gasteiger partial charge in [0.25, 0.3) is 0 Å². The highest BCUT2D eigenvalue weighted by Crippen LogP contribution is 2.11. The maximum absolute atomic E-state index is 11.4. The van der Waals surface area contributed by atoms with E-state index in [1.54, 1.807) is 13.1 Å². The number of aryl methyl sites for hydroxylation is 2. The van der Waals surface area contributed by atoms with Crippen LogP contribution in [0.25, 0.3) is 0 Å². The van der Waals surface area contributed by atoms with E-state index in [1.165, 1.54) is 11.1 Å². The molecule has 1 heterocycles. The van der Waals surface area contributed by atoms with Crippen LogP contribution in [0.15, 0.2) is 12.3 Å². The Kier molecular flexibility index (Phi) is 4.28. The van der Waals surface area contributed by atoms with Crippen LogP contribution in [-0.2, 0) is 17.6 Å². The Morgan fingerprint density at radius 1 is 1.27 bits per heavy atom. The van der Waals surface area contributed by atoms with E-state index >= 15 is 0 Å². The van der Waals surface area contributed by atoms with Gasteiger partial charge in [0.1, 0.15) is 5.69 Å². The maximum atomic E-state index is 11.4. The summed E-state index contributed by atoms with van der Waals surface area (Å²) in [6, 6.07) is 1.83. The van der Waals surface area contributed by atoms with E-state index < -0.39 is 0 Å². The van der Waals surface area contributed by atoms with Crippen molar-refractivity contribution in [2.75, 3.05) is 6.61 Å². The first-order valence-electron chi connectivity index (χ1n) is 5.37. The summed E-state index contributed by atoms with van der Waals surface area (Å²) in [6.07, 6.45) is 3.63. The van der Waals surface area contributed by atoms with Crippen LogP contribution in [0.1, 0.15) is 42.4 Å². The minimum atomic E-state index is -0.338. The molecule has 0 N–H and O–H groups in total. The van der Waals surface area contributed by atoms with Crippen molar-refractivity contribution in [2.24, 2.45) is 0 Å². The number of ether oxygens (including phenoxy) is 1. The maximum Gasteiger partial charge on any atom is 0.356 e. The van der Waals surface area contributed by atoms with Crippen molar-refractivity contribution in [1.82, 2.24) is 4.98 Å². The lowest BCUT2D eigenvalue weighted by molar-refractivity contribution is 0.0519. The summed E-state index contributed by atoms with van der Waals surface area (Å²) >= 11 is 0. The van der Waals surface area contributed by atoms with Crippen molar-refractivity contribution in [3.8, 4) is 0 Å². The highest BCUT2D eigenvalue weighted by molar-refractivity contribution is 5.87. The van der Waals surface area contributed by atoms with Crippen molar-refractivity contribution in [2.45, 2.75) is 33.6 Å². The molecule has 0 aliphatic rings. The lowest BCUT2D eigenvalue weighted by atomic mass is 10.0. The summed E-state index contributed by atoms with van der Waals surface area (Å²) in [6.45, 7) is 6.33. The van der Waals surface area contributed by atoms with Gasteiger partial charge in [-0.1, -0.05) is 13.8 Å². The Bertz CT molecular complexity index is 347. The van der Waals surface area contributed by atoms with Gasteiger partial charge in [0.2, 0.25) is 0 Å². The molecule has 0 radical (unpaired) electrons. The average Bonchev–Trinajstić information content (AvgIpc) is 2.28. The van der Waals surface area contributed by atoms with Crippen molar-refractivity contribution >= 4 is 5.97 Å². The SMILES string of the molecule is CCOC(=O)c1cc(CC)c(CC)cn1. The van der Waals surface area contributed by atoms with Gasteiger partial charge in [0, 0.05) is 6.20 Å². The van der Waals surface area contributed by atoms with Crippen LogP contribution in [-0.4, -0.2) is 17.6 Å². The highest BCUT2D eigenvalue weighted by atomic mass is 16.5. The number of aromatic nitrogens is 1. The molecule has 1 rings (SSSR count). The molecule has 1 aromatic heterocycles. The van der Waals surface area contributed by atoms with E-state index in [0.29, 0.717) is 12.3 Å². The van der Waals surface area contributed by atoms with E-state index in [4.69, 9.17) is 4.74 Å². The topological polar surface area (TPSA) is 39.2 Å². The Labute approximate surface area is 90.5 Å². The molecule has 0 saturated carbocycles. The lowest BCUT2D eigenvalue weighted by Gasteiger charge is -2.07. The lowest BCUT2D eigenvalue weighted by Crippen LogP contribution is -2.08. The second kappa shape index (κ2) is 5.49. The van der Waals surface area contributed by atoms with E-state index in [2.05, 4.69) is 18.8 Å². The second-order valence-electron chi connectivity index (χ2n) is 3.27. The molecular formula is C12H17NO2. The molecule has 0 fully saturated rings. The largest absolute Gasteiger partial charge is 0.461 e. The fourth-order valence-electron chi connectivity index (χ4n) is 1.49. The first kappa shape index (κ1) is 11.7. The average molecular weight is 207 g/mol. The molecule has 15 heavy (non-hydrogen) atoms. The van der Waals surface area contributed by atoms with E-state index in [1.807, 2.05) is 6.07 Å². The minimum absolute atomic E-state index is 0.338. The zero-order valence-electron chi connectivity index (χ0n) is 9.54. The van der Waals surface area contributed by atoms with Crippen molar-refractivity contribution in [3.05, 3.63) is 29.1 Å². The third-order valence-electron chi connectivity index (χ3n) is 2.33. The summed E-state index contributed by atoms with van der Waals surface area (Å²) in [5, 5.41) is 0. The Morgan fingerprint density at radius 2 is 1.93 bits per heavy atom. The number of hydrogen-bond donors (Lipinski definition) is 0. The van der Waals surface area contributed by atoms with Crippen LogP contribution in [0.3, 0.4) is 0 Å². The molecule has 0 unspecified atom stereocenters. The van der Waals surface area contributed by atoms with Crippen LogP contribution >= 0.6 is 0 Å². The van der Waals surface area contributed by atoms with Gasteiger partial charge in [-0.2, -0.15) is 0 Å². The molecule has 3 nitrogen and oxygen atoms in total. The van der Waals surface area contributed by atoms with Crippen LogP contribution in [0.4, 0.5) is 0 Å². The minimum Gasteiger partial charge on any atom is -0.461 e. The molecule has 82 valence electrons. The monoisotopic (exact) mass is 207 g/mol. The molecule has 3 heteroatoms. The predicted molar refractivity (Wildman–Crippen MR) is 58.9 cm³/mol. The number of rotatable bonds is 4. The van der Waals surface area contributed by atoms with Crippen LogP contribution in [0, 0.1) is 0 Å². The summed E-state index contributed by atoms with van der Waals surface area (Å²) in [7, 11) is 0. The number of carbonyl (C=O) groups is 1. The summed E-state index contributed by atoms with van der Waals surface area (Å²) in [5.41, 5.74) is 2.78. The molecule has 1 aromatic rings. The Balaban J connectivity index is 2.97. The van der Waals surface area contributed by atoms with E-state index in [0.717, 1.165) is 12.8 Å². The van der Waals surface area contributed by atoms with Crippen molar-refractivity contribution < 1.29 is 9.53 Å². The Morgan fingerprint density at radius 3 is 2.47 bits per heavy atom. The van der Waals surface area contributed by atoms with Crippen LogP contribution in [0.2, 0.25) is 0 Å². The highest BCUT2D eigenvalue weighted by Gasteiger charge is 2.10. The predicted octanol–water partition coefficient (Wildman–Crippen LogP) is 2.38. The van der Waals surface area contributed by atoms with Gasteiger partial charge in [0.15, 0.2) is 0 Å². The zero-order chi connectivity index (χ0) is 11.3.